The Hall–Kier alpha value is -2.16. The first kappa shape index (κ1) is 21.5. The van der Waals surface area contributed by atoms with Crippen LogP contribution in [0.25, 0.3) is 11.4 Å². The maximum Gasteiger partial charge on any atom is 0.227 e. The lowest BCUT2D eigenvalue weighted by atomic mass is 10.2. The van der Waals surface area contributed by atoms with Crippen molar-refractivity contribution in [2.45, 2.75) is 25.3 Å². The smallest absolute Gasteiger partial charge is 0.227 e. The fourth-order valence-electron chi connectivity index (χ4n) is 3.90. The van der Waals surface area contributed by atoms with Crippen LogP contribution < -0.4 is 10.1 Å². The Bertz CT molecular complexity index is 792. The summed E-state index contributed by atoms with van der Waals surface area (Å²) < 4.78 is 10.5. The minimum absolute atomic E-state index is 0. The molecule has 1 aromatic heterocycles. The first-order valence-corrected chi connectivity index (χ1v) is 9.92. The Morgan fingerprint density at radius 3 is 2.72 bits per heavy atom. The molecule has 1 unspecified atom stereocenters. The van der Waals surface area contributed by atoms with Crippen LogP contribution in [0.2, 0.25) is 0 Å². The lowest BCUT2D eigenvalue weighted by Crippen LogP contribution is -2.49. The van der Waals surface area contributed by atoms with E-state index in [1.54, 1.807) is 7.11 Å². The van der Waals surface area contributed by atoms with E-state index in [4.69, 9.17) is 9.26 Å². The van der Waals surface area contributed by atoms with Crippen LogP contribution in [-0.2, 0) is 11.2 Å². The van der Waals surface area contributed by atoms with E-state index in [1.807, 2.05) is 29.2 Å². The van der Waals surface area contributed by atoms with Gasteiger partial charge >= 0.3 is 0 Å². The van der Waals surface area contributed by atoms with Crippen LogP contribution in [0.4, 0.5) is 0 Å². The maximum atomic E-state index is 12.6. The number of hydrogen-bond donors (Lipinski definition) is 1. The first-order valence-electron chi connectivity index (χ1n) is 9.92. The second-order valence-corrected chi connectivity index (χ2v) is 7.31. The van der Waals surface area contributed by atoms with Crippen LogP contribution >= 0.6 is 12.4 Å². The van der Waals surface area contributed by atoms with Crippen LogP contribution in [-0.4, -0.2) is 78.3 Å². The molecule has 1 N–H and O–H groups in total. The van der Waals surface area contributed by atoms with Gasteiger partial charge < -0.3 is 19.5 Å². The molecule has 1 atom stereocenters. The number of piperazine rings is 1. The number of halogens is 1. The third kappa shape index (κ3) is 5.26. The first-order chi connectivity index (χ1) is 13.7. The summed E-state index contributed by atoms with van der Waals surface area (Å²) in [5, 5.41) is 7.40. The molecular formula is C20H28ClN5O3. The SMILES string of the molecule is COc1ccc(-c2noc(CCC(=O)N3CCC(N4CCNCC4)C3)n2)cc1.Cl. The Morgan fingerprint density at radius 2 is 2.00 bits per heavy atom. The van der Waals surface area contributed by atoms with Gasteiger partial charge in [0.1, 0.15) is 5.75 Å². The van der Waals surface area contributed by atoms with E-state index in [0.717, 1.165) is 57.0 Å². The van der Waals surface area contributed by atoms with Crippen molar-refractivity contribution in [3.63, 3.8) is 0 Å². The molecule has 9 heteroatoms. The molecule has 2 aliphatic rings. The second-order valence-electron chi connectivity index (χ2n) is 7.31. The number of hydrogen-bond acceptors (Lipinski definition) is 7. The van der Waals surface area contributed by atoms with Gasteiger partial charge in [0.15, 0.2) is 0 Å². The molecule has 29 heavy (non-hydrogen) atoms. The van der Waals surface area contributed by atoms with E-state index in [-0.39, 0.29) is 18.3 Å². The zero-order valence-corrected chi connectivity index (χ0v) is 17.5. The Morgan fingerprint density at radius 1 is 1.24 bits per heavy atom. The molecule has 2 aromatic rings. The van der Waals surface area contributed by atoms with Crippen LogP contribution in [0, 0.1) is 0 Å². The number of nitrogens with one attached hydrogen (secondary N) is 1. The number of nitrogens with zero attached hydrogens (tertiary/aromatic N) is 4. The molecule has 0 spiro atoms. The molecule has 2 fully saturated rings. The number of likely N-dealkylation sites (tertiary alicyclic amines) is 1. The molecule has 4 rings (SSSR count). The third-order valence-corrected chi connectivity index (χ3v) is 5.55. The monoisotopic (exact) mass is 421 g/mol. The number of carbonyl (C=O) groups excluding carboxylic acids is 1. The summed E-state index contributed by atoms with van der Waals surface area (Å²) >= 11 is 0. The minimum atomic E-state index is 0. The summed E-state index contributed by atoms with van der Waals surface area (Å²) in [6.45, 7) is 5.90. The zero-order chi connectivity index (χ0) is 19.3. The van der Waals surface area contributed by atoms with Crippen molar-refractivity contribution in [1.29, 1.82) is 0 Å². The molecule has 2 aliphatic heterocycles. The fraction of sp³-hybridized carbons (Fsp3) is 0.550. The van der Waals surface area contributed by atoms with Crippen molar-refractivity contribution in [1.82, 2.24) is 25.3 Å². The number of carbonyl (C=O) groups is 1. The van der Waals surface area contributed by atoms with E-state index in [2.05, 4.69) is 20.4 Å². The molecule has 0 bridgehead atoms. The highest BCUT2D eigenvalue weighted by molar-refractivity contribution is 5.85. The second kappa shape index (κ2) is 10.0. The fourth-order valence-corrected chi connectivity index (χ4v) is 3.90. The predicted molar refractivity (Wildman–Crippen MR) is 111 cm³/mol. The number of rotatable bonds is 6. The normalized spacial score (nSPS) is 19.8. The lowest BCUT2D eigenvalue weighted by molar-refractivity contribution is -0.130. The van der Waals surface area contributed by atoms with Gasteiger partial charge in [0.25, 0.3) is 0 Å². The van der Waals surface area contributed by atoms with E-state index < -0.39 is 0 Å². The third-order valence-electron chi connectivity index (χ3n) is 5.55. The Balaban J connectivity index is 0.00000240. The molecule has 2 saturated heterocycles. The number of amides is 1. The van der Waals surface area contributed by atoms with Crippen LogP contribution in [0.15, 0.2) is 28.8 Å². The summed E-state index contributed by atoms with van der Waals surface area (Å²) in [6.07, 6.45) is 1.93. The molecule has 0 saturated carbocycles. The maximum absolute atomic E-state index is 12.6. The van der Waals surface area contributed by atoms with Crippen LogP contribution in [0.3, 0.4) is 0 Å². The van der Waals surface area contributed by atoms with Gasteiger partial charge in [0.2, 0.25) is 17.6 Å². The van der Waals surface area contributed by atoms with Gasteiger partial charge in [0.05, 0.1) is 7.11 Å². The number of aryl methyl sites for hydroxylation is 1. The summed E-state index contributed by atoms with van der Waals surface area (Å²) in [7, 11) is 1.63. The van der Waals surface area contributed by atoms with Gasteiger partial charge in [-0.2, -0.15) is 4.98 Å². The van der Waals surface area contributed by atoms with Crippen molar-refractivity contribution >= 4 is 18.3 Å². The number of ether oxygens (including phenoxy) is 1. The molecule has 1 amide bonds. The Kier molecular flexibility index (Phi) is 7.46. The summed E-state index contributed by atoms with van der Waals surface area (Å²) in [4.78, 5) is 21.5. The van der Waals surface area contributed by atoms with Crippen molar-refractivity contribution in [2.75, 3.05) is 46.4 Å². The van der Waals surface area contributed by atoms with E-state index >= 15 is 0 Å². The van der Waals surface area contributed by atoms with Crippen LogP contribution in [0.1, 0.15) is 18.7 Å². The molecule has 1 aromatic carbocycles. The van der Waals surface area contributed by atoms with Gasteiger partial charge in [-0.3, -0.25) is 9.69 Å². The summed E-state index contributed by atoms with van der Waals surface area (Å²) in [5.74, 6) is 1.98. The van der Waals surface area contributed by atoms with Gasteiger partial charge in [0, 0.05) is 63.7 Å². The minimum Gasteiger partial charge on any atom is -0.497 e. The van der Waals surface area contributed by atoms with Gasteiger partial charge in [-0.15, -0.1) is 12.4 Å². The summed E-state index contributed by atoms with van der Waals surface area (Å²) in [6, 6.07) is 7.99. The van der Waals surface area contributed by atoms with Crippen molar-refractivity contribution < 1.29 is 14.1 Å². The number of benzene rings is 1. The van der Waals surface area contributed by atoms with Gasteiger partial charge in [-0.1, -0.05) is 5.16 Å². The zero-order valence-electron chi connectivity index (χ0n) is 16.7. The summed E-state index contributed by atoms with van der Waals surface area (Å²) in [5.41, 5.74) is 0.862. The highest BCUT2D eigenvalue weighted by Gasteiger charge is 2.30. The van der Waals surface area contributed by atoms with E-state index in [9.17, 15) is 4.79 Å². The number of methoxy groups -OCH3 is 1. The molecule has 8 nitrogen and oxygen atoms in total. The van der Waals surface area contributed by atoms with Crippen LogP contribution in [0.5, 0.6) is 5.75 Å². The quantitative estimate of drug-likeness (QED) is 0.758. The van der Waals surface area contributed by atoms with Crippen molar-refractivity contribution in [2.24, 2.45) is 0 Å². The highest BCUT2D eigenvalue weighted by Crippen LogP contribution is 2.21. The molecule has 0 radical (unpaired) electrons. The van der Waals surface area contributed by atoms with Gasteiger partial charge in [-0.25, -0.2) is 0 Å². The van der Waals surface area contributed by atoms with Crippen molar-refractivity contribution in [3.8, 4) is 17.1 Å². The van der Waals surface area contributed by atoms with Gasteiger partial charge in [-0.05, 0) is 30.7 Å². The standard InChI is InChI=1S/C20H27N5O3.ClH/c1-27-17-4-2-15(3-5-17)20-22-18(28-23-20)6-7-19(26)25-11-8-16(14-25)24-12-9-21-10-13-24;/h2-5,16,21H,6-14H2,1H3;1H. The largest absolute Gasteiger partial charge is 0.497 e. The highest BCUT2D eigenvalue weighted by atomic mass is 35.5. The van der Waals surface area contributed by atoms with Crippen molar-refractivity contribution in [3.05, 3.63) is 30.2 Å². The Labute approximate surface area is 177 Å². The average Bonchev–Trinajstić information content (AvgIpc) is 3.43. The molecule has 3 heterocycles. The van der Waals surface area contributed by atoms with E-state index in [1.165, 1.54) is 0 Å². The topological polar surface area (TPSA) is 83.7 Å². The molecule has 0 aliphatic carbocycles. The lowest BCUT2D eigenvalue weighted by Gasteiger charge is -2.32. The van der Waals surface area contributed by atoms with E-state index in [0.29, 0.717) is 30.6 Å². The molecular weight excluding hydrogens is 394 g/mol. The molecule has 158 valence electrons. The predicted octanol–water partition coefficient (Wildman–Crippen LogP) is 1.61. The number of aromatic nitrogens is 2. The average molecular weight is 422 g/mol.